The molecule has 1 aromatic heterocycles. The van der Waals surface area contributed by atoms with Gasteiger partial charge in [-0.2, -0.15) is 0 Å². The average Bonchev–Trinajstić information content (AvgIpc) is 2.27. The molecule has 3 N–H and O–H groups in total. The van der Waals surface area contributed by atoms with Crippen LogP contribution in [0.2, 0.25) is 0 Å². The first-order valence-corrected chi connectivity index (χ1v) is 7.32. The minimum absolute atomic E-state index is 0.406. The number of hydrogen-bond acceptors (Lipinski definition) is 3. The highest BCUT2D eigenvalue weighted by molar-refractivity contribution is 7.80. The molecule has 0 amide bonds. The molecule has 0 bridgehead atoms. The van der Waals surface area contributed by atoms with Gasteiger partial charge < -0.3 is 11.1 Å². The summed E-state index contributed by atoms with van der Waals surface area (Å²) in [6.45, 7) is 6.65. The van der Waals surface area contributed by atoms with Crippen LogP contribution in [-0.4, -0.2) is 16.0 Å². The molecule has 3 nitrogen and oxygen atoms in total. The number of nitrogens with zero attached hydrogens (tertiary/aromatic N) is 1. The van der Waals surface area contributed by atoms with E-state index >= 15 is 0 Å². The zero-order valence-electron chi connectivity index (χ0n) is 12.0. The van der Waals surface area contributed by atoms with Gasteiger partial charge in [0.1, 0.15) is 10.8 Å². The molecule has 1 saturated carbocycles. The quantitative estimate of drug-likeness (QED) is 0.831. The van der Waals surface area contributed by atoms with Gasteiger partial charge in [-0.1, -0.05) is 32.5 Å². The van der Waals surface area contributed by atoms with Crippen LogP contribution in [-0.2, 0) is 0 Å². The third-order valence-electron chi connectivity index (χ3n) is 3.85. The van der Waals surface area contributed by atoms with Crippen molar-refractivity contribution in [3.63, 3.8) is 0 Å². The Labute approximate surface area is 121 Å². The molecule has 1 aromatic rings. The Morgan fingerprint density at radius 2 is 2.21 bits per heavy atom. The number of rotatable bonds is 3. The summed E-state index contributed by atoms with van der Waals surface area (Å²) in [5, 5.41) is 3.55. The molecule has 104 valence electrons. The Hall–Kier alpha value is -1.16. The normalized spacial score (nSPS) is 21.9. The maximum Gasteiger partial charge on any atom is 0.136 e. The predicted molar refractivity (Wildman–Crippen MR) is 84.5 cm³/mol. The number of aryl methyl sites for hydroxylation is 1. The molecule has 0 aromatic carbocycles. The van der Waals surface area contributed by atoms with Gasteiger partial charge in [0.15, 0.2) is 0 Å². The highest BCUT2D eigenvalue weighted by Crippen LogP contribution is 2.36. The maximum absolute atomic E-state index is 5.77. The lowest BCUT2D eigenvalue weighted by molar-refractivity contribution is 0.229. The number of aromatic nitrogens is 1. The zero-order valence-corrected chi connectivity index (χ0v) is 12.8. The summed E-state index contributed by atoms with van der Waals surface area (Å²) in [4.78, 5) is 4.97. The van der Waals surface area contributed by atoms with Gasteiger partial charge in [-0.05, 0) is 43.7 Å². The van der Waals surface area contributed by atoms with E-state index in [-0.39, 0.29) is 0 Å². The van der Waals surface area contributed by atoms with Gasteiger partial charge in [-0.15, -0.1) is 0 Å². The molecule has 4 heteroatoms. The van der Waals surface area contributed by atoms with Crippen molar-refractivity contribution < 1.29 is 0 Å². The number of nitrogens with two attached hydrogens (primary N) is 1. The van der Waals surface area contributed by atoms with Crippen LogP contribution in [0.5, 0.6) is 0 Å². The van der Waals surface area contributed by atoms with E-state index < -0.39 is 0 Å². The second-order valence-electron chi connectivity index (χ2n) is 6.31. The van der Waals surface area contributed by atoms with E-state index in [1.54, 1.807) is 0 Å². The van der Waals surface area contributed by atoms with E-state index in [0.29, 0.717) is 16.4 Å². The first kappa shape index (κ1) is 14.3. The first-order chi connectivity index (χ1) is 8.87. The second kappa shape index (κ2) is 5.45. The Morgan fingerprint density at radius 1 is 1.47 bits per heavy atom. The van der Waals surface area contributed by atoms with Gasteiger partial charge in [0.25, 0.3) is 0 Å². The first-order valence-electron chi connectivity index (χ1n) is 6.91. The Morgan fingerprint density at radius 3 is 2.84 bits per heavy atom. The highest BCUT2D eigenvalue weighted by Gasteiger charge is 2.28. The minimum Gasteiger partial charge on any atom is -0.389 e. The lowest BCUT2D eigenvalue weighted by Gasteiger charge is -2.36. The Bertz CT molecular complexity index is 482. The van der Waals surface area contributed by atoms with Crippen LogP contribution < -0.4 is 11.1 Å². The van der Waals surface area contributed by atoms with Gasteiger partial charge in [0.05, 0.1) is 5.56 Å². The van der Waals surface area contributed by atoms with Crippen molar-refractivity contribution in [2.45, 2.75) is 52.5 Å². The molecule has 1 unspecified atom stereocenters. The number of thiocarbonyl (C=S) groups is 1. The van der Waals surface area contributed by atoms with Crippen molar-refractivity contribution in [2.75, 3.05) is 5.32 Å². The lowest BCUT2D eigenvalue weighted by Crippen LogP contribution is -2.32. The van der Waals surface area contributed by atoms with Crippen LogP contribution in [0.4, 0.5) is 5.82 Å². The number of hydrogen-bond donors (Lipinski definition) is 2. The maximum atomic E-state index is 5.77. The summed E-state index contributed by atoms with van der Waals surface area (Å²) in [5.74, 6) is 0.843. The molecule has 1 aliphatic carbocycles. The SMILES string of the molecule is Cc1ccc(C(N)=S)c(NC2CCCC(C)(C)C2)n1. The Balaban J connectivity index is 2.18. The molecule has 1 heterocycles. The van der Waals surface area contributed by atoms with E-state index in [9.17, 15) is 0 Å². The van der Waals surface area contributed by atoms with Crippen molar-refractivity contribution in [2.24, 2.45) is 11.1 Å². The van der Waals surface area contributed by atoms with Crippen molar-refractivity contribution in [1.82, 2.24) is 4.98 Å². The van der Waals surface area contributed by atoms with Gasteiger partial charge in [-0.3, -0.25) is 0 Å². The van der Waals surface area contributed by atoms with E-state index in [4.69, 9.17) is 18.0 Å². The van der Waals surface area contributed by atoms with Crippen molar-refractivity contribution in [3.05, 3.63) is 23.4 Å². The molecular formula is C15H23N3S. The van der Waals surface area contributed by atoms with Crippen LogP contribution in [0.3, 0.4) is 0 Å². The van der Waals surface area contributed by atoms with E-state index in [2.05, 4.69) is 24.1 Å². The molecule has 0 aliphatic heterocycles. The molecule has 0 radical (unpaired) electrons. The summed E-state index contributed by atoms with van der Waals surface area (Å²) < 4.78 is 0. The standard InChI is InChI=1S/C15H23N3S/c1-10-6-7-12(13(16)19)14(17-10)18-11-5-4-8-15(2,3)9-11/h6-7,11H,4-5,8-9H2,1-3H3,(H2,16,19)(H,17,18). The lowest BCUT2D eigenvalue weighted by atomic mass is 9.75. The molecular weight excluding hydrogens is 254 g/mol. The predicted octanol–water partition coefficient (Wildman–Crippen LogP) is 3.40. The fraction of sp³-hybridized carbons (Fsp3) is 0.600. The van der Waals surface area contributed by atoms with Crippen LogP contribution >= 0.6 is 12.2 Å². The van der Waals surface area contributed by atoms with Crippen LogP contribution in [0.25, 0.3) is 0 Å². The largest absolute Gasteiger partial charge is 0.389 e. The summed E-state index contributed by atoms with van der Waals surface area (Å²) in [5.41, 5.74) is 8.02. The fourth-order valence-electron chi connectivity index (χ4n) is 2.88. The van der Waals surface area contributed by atoms with Gasteiger partial charge >= 0.3 is 0 Å². The third kappa shape index (κ3) is 3.66. The van der Waals surface area contributed by atoms with E-state index in [1.165, 1.54) is 25.7 Å². The van der Waals surface area contributed by atoms with Crippen LogP contribution in [0.15, 0.2) is 12.1 Å². The van der Waals surface area contributed by atoms with E-state index in [1.807, 2.05) is 19.1 Å². The molecule has 19 heavy (non-hydrogen) atoms. The molecule has 1 fully saturated rings. The number of nitrogens with one attached hydrogen (secondary N) is 1. The summed E-state index contributed by atoms with van der Waals surface area (Å²) in [6.07, 6.45) is 4.92. The van der Waals surface area contributed by atoms with Gasteiger partial charge in [-0.25, -0.2) is 4.98 Å². The number of anilines is 1. The number of pyridine rings is 1. The van der Waals surface area contributed by atoms with Crippen LogP contribution in [0.1, 0.15) is 50.8 Å². The summed E-state index contributed by atoms with van der Waals surface area (Å²) >= 11 is 5.10. The average molecular weight is 277 g/mol. The van der Waals surface area contributed by atoms with Gasteiger partial charge in [0.2, 0.25) is 0 Å². The molecule has 1 aliphatic rings. The van der Waals surface area contributed by atoms with Crippen LogP contribution in [0, 0.1) is 12.3 Å². The Kier molecular flexibility index (Phi) is 4.09. The molecule has 1 atom stereocenters. The zero-order chi connectivity index (χ0) is 14.0. The summed E-state index contributed by atoms with van der Waals surface area (Å²) in [7, 11) is 0. The third-order valence-corrected chi connectivity index (χ3v) is 4.07. The topological polar surface area (TPSA) is 50.9 Å². The summed E-state index contributed by atoms with van der Waals surface area (Å²) in [6, 6.07) is 4.37. The molecule has 2 rings (SSSR count). The van der Waals surface area contributed by atoms with Crippen molar-refractivity contribution in [3.8, 4) is 0 Å². The monoisotopic (exact) mass is 277 g/mol. The highest BCUT2D eigenvalue weighted by atomic mass is 32.1. The smallest absolute Gasteiger partial charge is 0.136 e. The van der Waals surface area contributed by atoms with Crippen molar-refractivity contribution in [1.29, 1.82) is 0 Å². The fourth-order valence-corrected chi connectivity index (χ4v) is 3.05. The molecule has 0 saturated heterocycles. The van der Waals surface area contributed by atoms with Crippen molar-refractivity contribution >= 4 is 23.0 Å². The second-order valence-corrected chi connectivity index (χ2v) is 6.75. The van der Waals surface area contributed by atoms with E-state index in [0.717, 1.165) is 17.1 Å². The van der Waals surface area contributed by atoms with Gasteiger partial charge in [0, 0.05) is 11.7 Å². The molecule has 0 spiro atoms. The minimum atomic E-state index is 0.406.